The first kappa shape index (κ1) is 16.0. The van der Waals surface area contributed by atoms with Crippen LogP contribution in [0.4, 0.5) is 0 Å². The van der Waals surface area contributed by atoms with Gasteiger partial charge in [0.05, 0.1) is 13.0 Å². The molecule has 21 heavy (non-hydrogen) atoms. The van der Waals surface area contributed by atoms with Gasteiger partial charge in [0.1, 0.15) is 0 Å². The van der Waals surface area contributed by atoms with Gasteiger partial charge in [-0.1, -0.05) is 30.3 Å². The van der Waals surface area contributed by atoms with E-state index in [0.717, 1.165) is 44.1 Å². The third-order valence-corrected chi connectivity index (χ3v) is 4.41. The fourth-order valence-electron chi connectivity index (χ4n) is 3.10. The van der Waals surface area contributed by atoms with Crippen molar-refractivity contribution in [3.8, 4) is 0 Å². The van der Waals surface area contributed by atoms with Gasteiger partial charge in [0.15, 0.2) is 0 Å². The van der Waals surface area contributed by atoms with Crippen LogP contribution in [0.3, 0.4) is 0 Å². The molecule has 0 bridgehead atoms. The van der Waals surface area contributed by atoms with Crippen LogP contribution in [0.25, 0.3) is 0 Å². The second-order valence-electron chi connectivity index (χ2n) is 5.81. The maximum atomic E-state index is 12.1. The van der Waals surface area contributed by atoms with E-state index in [2.05, 4.69) is 4.90 Å². The smallest absolute Gasteiger partial charge is 0.314 e. The first-order valence-electron chi connectivity index (χ1n) is 7.79. The van der Waals surface area contributed by atoms with Crippen LogP contribution in [0.1, 0.15) is 30.7 Å². The summed E-state index contributed by atoms with van der Waals surface area (Å²) in [5, 5.41) is 0. The van der Waals surface area contributed by atoms with Gasteiger partial charge in [0.2, 0.25) is 0 Å². The van der Waals surface area contributed by atoms with E-state index in [1.54, 1.807) is 0 Å². The van der Waals surface area contributed by atoms with E-state index in [-0.39, 0.29) is 11.9 Å². The van der Waals surface area contributed by atoms with Gasteiger partial charge in [0.25, 0.3) is 0 Å². The van der Waals surface area contributed by atoms with Crippen molar-refractivity contribution in [3.63, 3.8) is 0 Å². The Morgan fingerprint density at radius 1 is 1.33 bits per heavy atom. The molecule has 0 amide bonds. The minimum atomic E-state index is -0.192. The zero-order valence-electron chi connectivity index (χ0n) is 12.8. The topological polar surface area (TPSA) is 55.6 Å². The van der Waals surface area contributed by atoms with Gasteiger partial charge in [-0.25, -0.2) is 0 Å². The highest BCUT2D eigenvalue weighted by Gasteiger charge is 2.26. The maximum absolute atomic E-state index is 12.1. The third kappa shape index (κ3) is 4.55. The normalized spacial score (nSPS) is 18.4. The Morgan fingerprint density at radius 2 is 2.00 bits per heavy atom. The summed E-state index contributed by atoms with van der Waals surface area (Å²) in [6.45, 7) is 3.61. The second-order valence-corrected chi connectivity index (χ2v) is 5.81. The molecule has 1 atom stereocenters. The summed E-state index contributed by atoms with van der Waals surface area (Å²) in [6.07, 6.45) is 3.48. The molecule has 1 heterocycles. The number of nitrogens with zero attached hydrogens (tertiary/aromatic N) is 1. The lowest BCUT2D eigenvalue weighted by Gasteiger charge is -2.33. The number of methoxy groups -OCH3 is 1. The largest absolute Gasteiger partial charge is 0.469 e. The molecule has 1 fully saturated rings. The van der Waals surface area contributed by atoms with Crippen LogP contribution in [-0.2, 0) is 9.53 Å². The fourth-order valence-corrected chi connectivity index (χ4v) is 3.10. The summed E-state index contributed by atoms with van der Waals surface area (Å²) < 4.78 is 4.99. The van der Waals surface area contributed by atoms with Crippen LogP contribution < -0.4 is 5.73 Å². The van der Waals surface area contributed by atoms with Crippen molar-refractivity contribution in [1.29, 1.82) is 0 Å². The number of rotatable bonds is 6. The van der Waals surface area contributed by atoms with Crippen molar-refractivity contribution in [1.82, 2.24) is 4.90 Å². The molecule has 0 aliphatic carbocycles. The highest BCUT2D eigenvalue weighted by molar-refractivity contribution is 5.78. The Hall–Kier alpha value is -1.39. The highest BCUT2D eigenvalue weighted by atomic mass is 16.5. The molecule has 0 spiro atoms. The van der Waals surface area contributed by atoms with Crippen LogP contribution in [0.5, 0.6) is 0 Å². The molecular weight excluding hydrogens is 264 g/mol. The Kier molecular flexibility index (Phi) is 6.21. The zero-order chi connectivity index (χ0) is 15.1. The van der Waals surface area contributed by atoms with Crippen LogP contribution in [0.2, 0.25) is 0 Å². The number of hydrogen-bond acceptors (Lipinski definition) is 4. The van der Waals surface area contributed by atoms with Gasteiger partial charge in [0, 0.05) is 6.54 Å². The van der Waals surface area contributed by atoms with E-state index in [1.165, 1.54) is 20.0 Å². The summed E-state index contributed by atoms with van der Waals surface area (Å²) in [7, 11) is 1.46. The SMILES string of the molecule is COC(=O)C(CN1CCC(CCN)CC1)c1ccccc1. The number of carbonyl (C=O) groups is 1. The molecule has 1 aromatic rings. The number of esters is 1. The van der Waals surface area contributed by atoms with Gasteiger partial charge >= 0.3 is 5.97 Å². The van der Waals surface area contributed by atoms with Gasteiger partial charge in [-0.3, -0.25) is 4.79 Å². The van der Waals surface area contributed by atoms with Crippen molar-refractivity contribution < 1.29 is 9.53 Å². The quantitative estimate of drug-likeness (QED) is 0.814. The molecule has 0 radical (unpaired) electrons. The van der Waals surface area contributed by atoms with Crippen molar-refractivity contribution >= 4 is 5.97 Å². The molecule has 2 rings (SSSR count). The van der Waals surface area contributed by atoms with Crippen molar-refractivity contribution in [2.45, 2.75) is 25.2 Å². The molecule has 2 N–H and O–H groups in total. The Bertz CT molecular complexity index is 428. The number of piperidine rings is 1. The Morgan fingerprint density at radius 3 is 2.57 bits per heavy atom. The van der Waals surface area contributed by atoms with Crippen LogP contribution >= 0.6 is 0 Å². The van der Waals surface area contributed by atoms with E-state index < -0.39 is 0 Å². The molecule has 0 saturated carbocycles. The minimum absolute atomic E-state index is 0.148. The average Bonchev–Trinajstić information content (AvgIpc) is 2.54. The van der Waals surface area contributed by atoms with E-state index in [4.69, 9.17) is 10.5 Å². The number of benzene rings is 1. The summed E-state index contributed by atoms with van der Waals surface area (Å²) in [6, 6.07) is 9.92. The molecule has 116 valence electrons. The van der Waals surface area contributed by atoms with E-state index in [9.17, 15) is 4.79 Å². The molecular formula is C17H26N2O2. The predicted octanol–water partition coefficient (Wildman–Crippen LogP) is 2.00. The lowest BCUT2D eigenvalue weighted by atomic mass is 9.92. The Balaban J connectivity index is 1.96. The molecule has 1 aliphatic heterocycles. The lowest BCUT2D eigenvalue weighted by Crippen LogP contribution is -2.38. The van der Waals surface area contributed by atoms with E-state index in [0.29, 0.717) is 0 Å². The summed E-state index contributed by atoms with van der Waals surface area (Å²) >= 11 is 0. The molecule has 1 saturated heterocycles. The summed E-state index contributed by atoms with van der Waals surface area (Å²) in [5.41, 5.74) is 6.67. The number of ether oxygens (including phenoxy) is 1. The summed E-state index contributed by atoms with van der Waals surface area (Å²) in [4.78, 5) is 14.5. The number of nitrogens with two attached hydrogens (primary N) is 1. The van der Waals surface area contributed by atoms with E-state index in [1.807, 2.05) is 30.3 Å². The first-order chi connectivity index (χ1) is 10.2. The van der Waals surface area contributed by atoms with Gasteiger partial charge in [-0.05, 0) is 50.4 Å². The number of likely N-dealkylation sites (tertiary alicyclic amines) is 1. The maximum Gasteiger partial charge on any atom is 0.314 e. The van der Waals surface area contributed by atoms with Crippen molar-refractivity contribution in [3.05, 3.63) is 35.9 Å². The van der Waals surface area contributed by atoms with Crippen LogP contribution in [0.15, 0.2) is 30.3 Å². The number of carbonyl (C=O) groups excluding carboxylic acids is 1. The van der Waals surface area contributed by atoms with Gasteiger partial charge < -0.3 is 15.4 Å². The fraction of sp³-hybridized carbons (Fsp3) is 0.588. The predicted molar refractivity (Wildman–Crippen MR) is 84.0 cm³/mol. The number of hydrogen-bond donors (Lipinski definition) is 1. The minimum Gasteiger partial charge on any atom is -0.469 e. The molecule has 1 aliphatic rings. The molecule has 4 heteroatoms. The monoisotopic (exact) mass is 290 g/mol. The average molecular weight is 290 g/mol. The second kappa shape index (κ2) is 8.15. The van der Waals surface area contributed by atoms with Crippen molar-refractivity contribution in [2.24, 2.45) is 11.7 Å². The standard InChI is InChI=1S/C17H26N2O2/c1-21-17(20)16(15-5-3-2-4-6-15)13-19-11-8-14(7-10-18)9-12-19/h2-6,14,16H,7-13,18H2,1H3. The highest BCUT2D eigenvalue weighted by Crippen LogP contribution is 2.24. The molecule has 4 nitrogen and oxygen atoms in total. The van der Waals surface area contributed by atoms with Gasteiger partial charge in [-0.15, -0.1) is 0 Å². The summed E-state index contributed by atoms with van der Waals surface area (Å²) in [5.74, 6) is 0.409. The van der Waals surface area contributed by atoms with Gasteiger partial charge in [-0.2, -0.15) is 0 Å². The third-order valence-electron chi connectivity index (χ3n) is 4.41. The molecule has 1 aromatic carbocycles. The van der Waals surface area contributed by atoms with Crippen LogP contribution in [-0.4, -0.2) is 44.2 Å². The molecule has 0 aromatic heterocycles. The van der Waals surface area contributed by atoms with Crippen molar-refractivity contribution in [2.75, 3.05) is 33.3 Å². The Labute approximate surface area is 127 Å². The first-order valence-corrected chi connectivity index (χ1v) is 7.79. The molecule has 1 unspecified atom stereocenters. The van der Waals surface area contributed by atoms with Crippen LogP contribution in [0, 0.1) is 5.92 Å². The zero-order valence-corrected chi connectivity index (χ0v) is 12.8. The lowest BCUT2D eigenvalue weighted by molar-refractivity contribution is -0.143. The van der Waals surface area contributed by atoms with E-state index >= 15 is 0 Å².